The number of halogens is 2. The van der Waals surface area contributed by atoms with Crippen molar-refractivity contribution < 1.29 is 33.1 Å². The molecule has 0 aliphatic rings. The third-order valence-electron chi connectivity index (χ3n) is 5.28. The highest BCUT2D eigenvalue weighted by atomic mass is 19.1. The molecule has 2 aromatic carbocycles. The number of carbonyl (C=O) groups is 3. The van der Waals surface area contributed by atoms with Gasteiger partial charge in [0, 0.05) is 11.1 Å². The summed E-state index contributed by atoms with van der Waals surface area (Å²) < 4.78 is 34.6. The molecule has 0 heterocycles. The summed E-state index contributed by atoms with van der Waals surface area (Å²) in [6.07, 6.45) is 3.21. The number of unbranched alkanes of at least 4 members (excludes halogenated alkanes) is 2. The van der Waals surface area contributed by atoms with Crippen molar-refractivity contribution in [3.8, 4) is 16.9 Å². The van der Waals surface area contributed by atoms with Gasteiger partial charge in [-0.2, -0.15) is 0 Å². The van der Waals surface area contributed by atoms with Crippen molar-refractivity contribution in [3.05, 3.63) is 53.6 Å². The van der Waals surface area contributed by atoms with E-state index in [1.165, 1.54) is 43.5 Å². The molecule has 0 radical (unpaired) electrons. The van der Waals surface area contributed by atoms with Gasteiger partial charge < -0.3 is 15.4 Å². The molecule has 1 atom stereocenters. The third kappa shape index (κ3) is 6.98. The molecule has 34 heavy (non-hydrogen) atoms. The van der Waals surface area contributed by atoms with Crippen molar-refractivity contribution >= 4 is 18.2 Å². The van der Waals surface area contributed by atoms with Crippen molar-refractivity contribution in [2.75, 3.05) is 20.3 Å². The zero-order chi connectivity index (χ0) is 25.1. The quantitative estimate of drug-likeness (QED) is 0.135. The fourth-order valence-electron chi connectivity index (χ4n) is 3.46. The van der Waals surface area contributed by atoms with E-state index >= 15 is 4.39 Å². The van der Waals surface area contributed by atoms with Crippen molar-refractivity contribution in [2.24, 2.45) is 5.92 Å². The average Bonchev–Trinajstić information content (AvgIpc) is 2.83. The number of nitrogens with zero attached hydrogens (tertiary/aromatic N) is 1. The van der Waals surface area contributed by atoms with Crippen LogP contribution in [0.25, 0.3) is 11.1 Å². The van der Waals surface area contributed by atoms with Crippen molar-refractivity contribution in [2.45, 2.75) is 32.6 Å². The number of hydrogen-bond donors (Lipinski definition) is 3. The van der Waals surface area contributed by atoms with Crippen LogP contribution in [0.1, 0.15) is 43.0 Å². The van der Waals surface area contributed by atoms with Crippen LogP contribution in [0.2, 0.25) is 0 Å². The number of hydroxylamine groups is 2. The van der Waals surface area contributed by atoms with E-state index in [9.17, 15) is 24.0 Å². The Morgan fingerprint density at radius 2 is 1.76 bits per heavy atom. The van der Waals surface area contributed by atoms with Gasteiger partial charge in [-0.25, -0.2) is 13.8 Å². The van der Waals surface area contributed by atoms with Gasteiger partial charge in [0.1, 0.15) is 5.82 Å². The second-order valence-corrected chi connectivity index (χ2v) is 7.63. The van der Waals surface area contributed by atoms with Crippen LogP contribution in [0.5, 0.6) is 5.75 Å². The maximum Gasteiger partial charge on any atom is 0.255 e. The van der Waals surface area contributed by atoms with Gasteiger partial charge in [0.2, 0.25) is 12.3 Å². The van der Waals surface area contributed by atoms with Gasteiger partial charge in [-0.15, -0.1) is 0 Å². The Labute approximate surface area is 196 Å². The van der Waals surface area contributed by atoms with E-state index in [2.05, 4.69) is 10.6 Å². The lowest BCUT2D eigenvalue weighted by atomic mass is 10.00. The Hall–Kier alpha value is -3.53. The number of hydrogen-bond acceptors (Lipinski definition) is 5. The molecule has 3 N–H and O–H groups in total. The summed E-state index contributed by atoms with van der Waals surface area (Å²) >= 11 is 0. The SMILES string of the molecule is CCCCC[C@H](CN(O)C=O)C(=O)NCNC(=O)c1cccc(-c2cccc(OC)c2F)c1F. The van der Waals surface area contributed by atoms with Crippen molar-refractivity contribution in [1.82, 2.24) is 15.7 Å². The van der Waals surface area contributed by atoms with E-state index < -0.39 is 29.4 Å². The smallest absolute Gasteiger partial charge is 0.255 e. The monoisotopic (exact) mass is 477 g/mol. The van der Waals surface area contributed by atoms with Gasteiger partial charge in [0.25, 0.3) is 5.91 Å². The molecule has 0 bridgehead atoms. The molecule has 184 valence electrons. The van der Waals surface area contributed by atoms with Crippen LogP contribution in [0.15, 0.2) is 36.4 Å². The molecule has 0 aromatic heterocycles. The standard InChI is InChI=1S/C24H29F2N3O5/c1-3-4-5-8-16(13-29(33)15-30)23(31)27-14-28-24(32)19-11-6-9-17(21(19)25)18-10-7-12-20(34-2)22(18)26/h6-7,9-12,15-16,33H,3-5,8,13-14H2,1-2H3,(H,27,31)(H,28,32)/t16-/m1/s1. The summed E-state index contributed by atoms with van der Waals surface area (Å²) in [6, 6.07) is 8.30. The zero-order valence-electron chi connectivity index (χ0n) is 19.1. The van der Waals surface area contributed by atoms with Crippen LogP contribution in [0.3, 0.4) is 0 Å². The van der Waals surface area contributed by atoms with E-state index in [4.69, 9.17) is 4.74 Å². The maximum absolute atomic E-state index is 15.1. The number of carbonyl (C=O) groups excluding carboxylic acids is 3. The molecule has 2 aromatic rings. The predicted octanol–water partition coefficient (Wildman–Crippen LogP) is 3.49. The lowest BCUT2D eigenvalue weighted by Crippen LogP contribution is -2.43. The minimum absolute atomic E-state index is 0.0565. The summed E-state index contributed by atoms with van der Waals surface area (Å²) in [5.41, 5.74) is -0.490. The lowest BCUT2D eigenvalue weighted by molar-refractivity contribution is -0.154. The molecule has 0 saturated carbocycles. The summed E-state index contributed by atoms with van der Waals surface area (Å²) in [6.45, 7) is 1.52. The van der Waals surface area contributed by atoms with Crippen LogP contribution < -0.4 is 15.4 Å². The predicted molar refractivity (Wildman–Crippen MR) is 121 cm³/mol. The summed E-state index contributed by atoms with van der Waals surface area (Å²) in [4.78, 5) is 35.7. The number of amides is 3. The normalized spacial score (nSPS) is 11.4. The number of rotatable bonds is 13. The molecule has 10 heteroatoms. The largest absolute Gasteiger partial charge is 0.494 e. The molecule has 3 amide bonds. The highest BCUT2D eigenvalue weighted by Gasteiger charge is 2.22. The summed E-state index contributed by atoms with van der Waals surface area (Å²) in [7, 11) is 1.29. The van der Waals surface area contributed by atoms with Gasteiger partial charge in [0.05, 0.1) is 31.8 Å². The van der Waals surface area contributed by atoms with E-state index in [-0.39, 0.29) is 42.1 Å². The summed E-state index contributed by atoms with van der Waals surface area (Å²) in [5, 5.41) is 14.7. The Bertz CT molecular complexity index is 1000. The molecular weight excluding hydrogens is 448 g/mol. The Balaban J connectivity index is 2.06. The zero-order valence-corrected chi connectivity index (χ0v) is 19.1. The van der Waals surface area contributed by atoms with E-state index in [0.29, 0.717) is 11.5 Å². The Morgan fingerprint density at radius 3 is 2.41 bits per heavy atom. The minimum Gasteiger partial charge on any atom is -0.494 e. The van der Waals surface area contributed by atoms with E-state index in [1.807, 2.05) is 6.92 Å². The van der Waals surface area contributed by atoms with Crippen LogP contribution in [-0.4, -0.2) is 48.8 Å². The Kier molecular flexibility index (Phi) is 10.4. The van der Waals surface area contributed by atoms with Crippen molar-refractivity contribution in [3.63, 3.8) is 0 Å². The van der Waals surface area contributed by atoms with Gasteiger partial charge in [-0.3, -0.25) is 19.6 Å². The average molecular weight is 478 g/mol. The molecule has 2 rings (SSSR count). The minimum atomic E-state index is -0.919. The van der Waals surface area contributed by atoms with Gasteiger partial charge in [0.15, 0.2) is 11.6 Å². The molecular formula is C24H29F2N3O5. The third-order valence-corrected chi connectivity index (χ3v) is 5.28. The fourth-order valence-corrected chi connectivity index (χ4v) is 3.46. The second kappa shape index (κ2) is 13.2. The second-order valence-electron chi connectivity index (χ2n) is 7.63. The molecule has 8 nitrogen and oxygen atoms in total. The van der Waals surface area contributed by atoms with Crippen LogP contribution in [0.4, 0.5) is 8.78 Å². The first-order chi connectivity index (χ1) is 16.3. The molecule has 0 saturated heterocycles. The number of ether oxygens (including phenoxy) is 1. The van der Waals surface area contributed by atoms with Crippen LogP contribution >= 0.6 is 0 Å². The molecule has 0 aliphatic heterocycles. The molecule has 0 aliphatic carbocycles. The van der Waals surface area contributed by atoms with E-state index in [1.54, 1.807) is 0 Å². The summed E-state index contributed by atoms with van der Waals surface area (Å²) in [5.74, 6) is -3.67. The topological polar surface area (TPSA) is 108 Å². The molecule has 0 fully saturated rings. The maximum atomic E-state index is 15.1. The number of nitrogens with one attached hydrogen (secondary N) is 2. The Morgan fingerprint density at radius 1 is 1.09 bits per heavy atom. The van der Waals surface area contributed by atoms with Crippen molar-refractivity contribution in [1.29, 1.82) is 0 Å². The lowest BCUT2D eigenvalue weighted by Gasteiger charge is -2.19. The fraction of sp³-hybridized carbons (Fsp3) is 0.375. The van der Waals surface area contributed by atoms with Gasteiger partial charge in [-0.05, 0) is 18.6 Å². The number of benzene rings is 2. The molecule has 0 spiro atoms. The number of methoxy groups -OCH3 is 1. The van der Waals surface area contributed by atoms with E-state index in [0.717, 1.165) is 19.3 Å². The highest BCUT2D eigenvalue weighted by Crippen LogP contribution is 2.31. The van der Waals surface area contributed by atoms with Crippen LogP contribution in [-0.2, 0) is 9.59 Å². The first-order valence-corrected chi connectivity index (χ1v) is 10.9. The van der Waals surface area contributed by atoms with Gasteiger partial charge in [-0.1, -0.05) is 50.5 Å². The van der Waals surface area contributed by atoms with Gasteiger partial charge >= 0.3 is 0 Å². The highest BCUT2D eigenvalue weighted by molar-refractivity contribution is 5.96. The first-order valence-electron chi connectivity index (χ1n) is 10.9. The molecule has 0 unspecified atom stereocenters. The van der Waals surface area contributed by atoms with Crippen LogP contribution in [0, 0.1) is 17.6 Å². The first kappa shape index (κ1) is 26.7.